The van der Waals surface area contributed by atoms with E-state index in [-0.39, 0.29) is 12.6 Å². The van der Waals surface area contributed by atoms with Crippen LogP contribution in [0.3, 0.4) is 0 Å². The van der Waals surface area contributed by atoms with Gasteiger partial charge in [-0.1, -0.05) is 48.5 Å². The summed E-state index contributed by atoms with van der Waals surface area (Å²) in [5, 5.41) is 14.0. The van der Waals surface area contributed by atoms with Crippen LogP contribution in [0.15, 0.2) is 146 Å². The van der Waals surface area contributed by atoms with Gasteiger partial charge in [0.2, 0.25) is 0 Å². The van der Waals surface area contributed by atoms with Crippen LogP contribution in [0.25, 0.3) is 60.7 Å². The van der Waals surface area contributed by atoms with Gasteiger partial charge in [-0.3, -0.25) is 0 Å². The Kier molecular flexibility index (Phi) is 13.1. The molecule has 67 heavy (non-hydrogen) atoms. The number of para-hydroxylation sites is 2. The Labute approximate surface area is 404 Å². The van der Waals surface area contributed by atoms with E-state index in [9.17, 15) is 0 Å². The number of H-pyrrole nitrogens is 1. The first kappa shape index (κ1) is 44.4. The van der Waals surface area contributed by atoms with E-state index in [1.54, 1.807) is 0 Å². The summed E-state index contributed by atoms with van der Waals surface area (Å²) >= 11 is 2.31. The quantitative estimate of drug-likeness (QED) is 0.160. The van der Waals surface area contributed by atoms with E-state index in [0.717, 1.165) is 108 Å². The zero-order chi connectivity index (χ0) is 45.9. The van der Waals surface area contributed by atoms with Crippen molar-refractivity contribution in [3.8, 4) is 28.6 Å². The molecule has 0 aliphatic carbocycles. The smallest absolute Gasteiger partial charge is 0.199 e. The van der Waals surface area contributed by atoms with Gasteiger partial charge >= 0.3 is 0 Å². The fourth-order valence-corrected chi connectivity index (χ4v) is 9.80. The third-order valence-electron chi connectivity index (χ3n) is 12.3. The number of benzene rings is 6. The maximum Gasteiger partial charge on any atom is 0.199 e. The van der Waals surface area contributed by atoms with Gasteiger partial charge in [0.05, 0.1) is 52.5 Å². The van der Waals surface area contributed by atoms with Crippen molar-refractivity contribution in [3.63, 3.8) is 0 Å². The second-order valence-corrected chi connectivity index (χ2v) is 18.7. The van der Waals surface area contributed by atoms with Gasteiger partial charge in [0.15, 0.2) is 12.6 Å². The molecule has 6 aromatic carbocycles. The Morgan fingerprint density at radius 3 is 1.69 bits per heavy atom. The Bertz CT molecular complexity index is 3320. The number of nitrogens with zero attached hydrogens (tertiary/aromatic N) is 5. The lowest BCUT2D eigenvalue weighted by atomic mass is 10.1. The van der Waals surface area contributed by atoms with Gasteiger partial charge in [0.25, 0.3) is 0 Å². The van der Waals surface area contributed by atoms with Gasteiger partial charge in [0.1, 0.15) is 11.5 Å². The van der Waals surface area contributed by atoms with Gasteiger partial charge < -0.3 is 28.5 Å². The molecule has 1 N–H and O–H groups in total. The predicted octanol–water partition coefficient (Wildman–Crippen LogP) is 13.8. The first-order valence-corrected chi connectivity index (χ1v) is 24.4. The highest BCUT2D eigenvalue weighted by Crippen LogP contribution is 2.36. The lowest BCUT2D eigenvalue weighted by molar-refractivity contribution is -0.106. The van der Waals surface area contributed by atoms with Crippen LogP contribution in [0.2, 0.25) is 0 Å². The molecule has 10 aromatic rings. The van der Waals surface area contributed by atoms with Crippen LogP contribution in [0.4, 0.5) is 0 Å². The average molecular weight is 1000 g/mol. The molecule has 2 saturated heterocycles. The van der Waals surface area contributed by atoms with Crippen LogP contribution in [0.1, 0.15) is 61.3 Å². The highest BCUT2D eigenvalue weighted by molar-refractivity contribution is 14.1. The summed E-state index contributed by atoms with van der Waals surface area (Å²) in [5.74, 6) is 1.71. The third kappa shape index (κ3) is 9.86. The normalized spacial score (nSPS) is 16.1. The Morgan fingerprint density at radius 1 is 0.507 bits per heavy atom. The lowest BCUT2D eigenvalue weighted by Crippen LogP contribution is -2.24. The van der Waals surface area contributed by atoms with Gasteiger partial charge in [-0.2, -0.15) is 10.2 Å². The number of ether oxygens (including phenoxy) is 4. The van der Waals surface area contributed by atoms with Gasteiger partial charge in [-0.25, -0.2) is 9.36 Å². The largest absolute Gasteiger partial charge is 0.465 e. The number of fused-ring (bicyclic) bond motifs is 6. The second-order valence-electron chi connectivity index (χ2n) is 17.4. The monoisotopic (exact) mass is 1000 g/mol. The Morgan fingerprint density at radius 2 is 1.06 bits per heavy atom. The molecule has 11 heteroatoms. The summed E-state index contributed by atoms with van der Waals surface area (Å²) in [7, 11) is 0. The van der Waals surface area contributed by atoms with Gasteiger partial charge in [-0.15, -0.1) is 0 Å². The van der Waals surface area contributed by atoms with Gasteiger partial charge in [0, 0.05) is 72.7 Å². The average Bonchev–Trinajstić information content (AvgIpc) is 4.09. The van der Waals surface area contributed by atoms with Crippen LogP contribution < -0.4 is 9.47 Å². The van der Waals surface area contributed by atoms with Crippen LogP contribution in [-0.4, -0.2) is 54.9 Å². The second kappa shape index (κ2) is 19.8. The summed E-state index contributed by atoms with van der Waals surface area (Å²) < 4.78 is 31.1. The number of hydrogen-bond donors (Lipinski definition) is 1. The summed E-state index contributed by atoms with van der Waals surface area (Å²) in [6.45, 7) is 9.77. The van der Waals surface area contributed by atoms with E-state index in [0.29, 0.717) is 0 Å². The molecule has 10 nitrogen and oxygen atoms in total. The Hall–Kier alpha value is -6.41. The maximum absolute atomic E-state index is 6.21. The van der Waals surface area contributed by atoms with Crippen LogP contribution in [0, 0.1) is 31.3 Å². The lowest BCUT2D eigenvalue weighted by Gasteiger charge is -2.23. The molecule has 0 amide bonds. The molecule has 0 saturated carbocycles. The number of halogens is 1. The number of aryl methyl sites for hydroxylation is 4. The molecule has 0 radical (unpaired) electrons. The highest BCUT2D eigenvalue weighted by Gasteiger charge is 2.19. The predicted molar refractivity (Wildman–Crippen MR) is 277 cm³/mol. The number of aromatic amines is 1. The minimum atomic E-state index is -0.164. The molecule has 12 rings (SSSR count). The topological polar surface area (TPSA) is 93.3 Å². The SMILES string of the molecule is Cc1cc(C)n(-c2cccc(-n3c4ccccc4c4ccc(OC5CCCCO5)cc43)c2)n1.Cc1cc(C)n(-c2cccc(I)c2)n1.c1ccc2c(c1)[nH]c1cc(OC3CCCCO3)ccc12. The molecule has 2 fully saturated rings. The molecular formula is C56H55IN6O4. The molecule has 340 valence electrons. The number of rotatable bonds is 7. The molecular weight excluding hydrogens is 948 g/mol. The van der Waals surface area contributed by atoms with E-state index in [1.165, 1.54) is 42.7 Å². The number of hydrogen-bond acceptors (Lipinski definition) is 6. The van der Waals surface area contributed by atoms with Crippen molar-refractivity contribution in [2.75, 3.05) is 13.2 Å². The molecule has 2 atom stereocenters. The minimum Gasteiger partial charge on any atom is -0.465 e. The summed E-state index contributed by atoms with van der Waals surface area (Å²) in [6.07, 6.45) is 6.23. The first-order chi connectivity index (χ1) is 32.7. The van der Waals surface area contributed by atoms with Crippen LogP contribution in [0.5, 0.6) is 11.5 Å². The molecule has 2 unspecified atom stereocenters. The highest BCUT2D eigenvalue weighted by atomic mass is 127. The van der Waals surface area contributed by atoms with Crippen molar-refractivity contribution >= 4 is 66.2 Å². The van der Waals surface area contributed by atoms with E-state index in [4.69, 9.17) is 18.9 Å². The molecule has 6 heterocycles. The van der Waals surface area contributed by atoms with E-state index >= 15 is 0 Å². The van der Waals surface area contributed by atoms with Crippen molar-refractivity contribution in [3.05, 3.63) is 172 Å². The van der Waals surface area contributed by atoms with E-state index < -0.39 is 0 Å². The molecule has 0 bridgehead atoms. The summed E-state index contributed by atoms with van der Waals surface area (Å²) in [5.41, 5.74) is 12.2. The standard InChI is InChI=1S/C28H27N3O2.C17H17NO2.C11H11IN2/c1-19-16-20(2)31(29-19)22-9-7-8-21(17-22)30-26-11-4-3-10-24(26)25-14-13-23(18-27(25)30)33-28-12-5-6-15-32-28;1-2-6-15-13(5-1)14-9-8-12(11-16(14)18-15)20-17-7-3-4-10-19-17;1-8-6-9(2)14(13-8)11-5-3-4-10(12)7-11/h3-4,7-11,13-14,16-18,28H,5-6,12,15H2,1-2H3;1-2,5-6,8-9,11,17-18H,3-4,7,10H2;3-7H,1-2H3. The van der Waals surface area contributed by atoms with E-state index in [2.05, 4.69) is 184 Å². The fraction of sp³-hybridized carbons (Fsp3) is 0.250. The molecule has 4 aromatic heterocycles. The Balaban J connectivity index is 0.000000131. The van der Waals surface area contributed by atoms with Crippen LogP contribution >= 0.6 is 22.6 Å². The van der Waals surface area contributed by atoms with Gasteiger partial charge in [-0.05, 0) is 161 Å². The maximum atomic E-state index is 6.21. The first-order valence-electron chi connectivity index (χ1n) is 23.3. The van der Waals surface area contributed by atoms with Crippen molar-refractivity contribution < 1.29 is 18.9 Å². The summed E-state index contributed by atoms with van der Waals surface area (Å²) in [6, 6.07) is 50.5. The number of aromatic nitrogens is 6. The van der Waals surface area contributed by atoms with Crippen LogP contribution in [-0.2, 0) is 9.47 Å². The van der Waals surface area contributed by atoms with E-state index in [1.807, 2.05) is 41.4 Å². The molecule has 2 aliphatic heterocycles. The minimum absolute atomic E-state index is 0.0921. The third-order valence-corrected chi connectivity index (χ3v) is 13.0. The van der Waals surface area contributed by atoms with Crippen molar-refractivity contribution in [1.29, 1.82) is 0 Å². The summed E-state index contributed by atoms with van der Waals surface area (Å²) in [4.78, 5) is 3.43. The molecule has 2 aliphatic rings. The van der Waals surface area contributed by atoms with Crippen molar-refractivity contribution in [1.82, 2.24) is 29.1 Å². The molecule has 0 spiro atoms. The zero-order valence-electron chi connectivity index (χ0n) is 38.4. The zero-order valence-corrected chi connectivity index (χ0v) is 40.6. The fourth-order valence-electron chi connectivity index (χ4n) is 9.27. The van der Waals surface area contributed by atoms with Crippen molar-refractivity contribution in [2.24, 2.45) is 0 Å². The van der Waals surface area contributed by atoms with Crippen molar-refractivity contribution in [2.45, 2.75) is 78.8 Å². The number of nitrogens with one attached hydrogen (secondary N) is 1.